The van der Waals surface area contributed by atoms with Crippen LogP contribution >= 0.6 is 47.8 Å². The molecule has 0 aliphatic carbocycles. The van der Waals surface area contributed by atoms with Crippen LogP contribution in [0.5, 0.6) is 11.5 Å². The van der Waals surface area contributed by atoms with Gasteiger partial charge in [0, 0.05) is 12.5 Å². The van der Waals surface area contributed by atoms with Gasteiger partial charge in [-0.25, -0.2) is 4.79 Å². The fourth-order valence-electron chi connectivity index (χ4n) is 2.86. The van der Waals surface area contributed by atoms with Crippen molar-refractivity contribution in [3.05, 3.63) is 68.4 Å². The predicted molar refractivity (Wildman–Crippen MR) is 123 cm³/mol. The van der Waals surface area contributed by atoms with E-state index in [1.54, 1.807) is 45.4 Å². The van der Waals surface area contributed by atoms with Gasteiger partial charge >= 0.3 is 5.76 Å². The molecule has 0 spiro atoms. The van der Waals surface area contributed by atoms with E-state index in [1.165, 1.54) is 0 Å². The summed E-state index contributed by atoms with van der Waals surface area (Å²) < 4.78 is 17.5. The van der Waals surface area contributed by atoms with Crippen molar-refractivity contribution in [2.24, 2.45) is 0 Å². The van der Waals surface area contributed by atoms with Gasteiger partial charge in [0.05, 0.1) is 34.0 Å². The van der Waals surface area contributed by atoms with Gasteiger partial charge in [0.15, 0.2) is 17.3 Å². The second-order valence-corrected chi connectivity index (χ2v) is 9.08. The molecule has 7 nitrogen and oxygen atoms in total. The van der Waals surface area contributed by atoms with Gasteiger partial charge in [0.2, 0.25) is 5.89 Å². The molecule has 0 fully saturated rings. The van der Waals surface area contributed by atoms with Crippen LogP contribution in [0.25, 0.3) is 5.69 Å². The molecule has 0 amide bonds. The van der Waals surface area contributed by atoms with E-state index in [4.69, 9.17) is 13.9 Å². The lowest BCUT2D eigenvalue weighted by Gasteiger charge is -2.19. The van der Waals surface area contributed by atoms with Crippen molar-refractivity contribution in [1.82, 2.24) is 9.78 Å². The third-order valence-corrected chi connectivity index (χ3v) is 7.63. The summed E-state index contributed by atoms with van der Waals surface area (Å²) in [5, 5.41) is 4.01. The number of alkyl halides is 2. The number of nitrogens with zero attached hydrogens (tertiary/aromatic N) is 2. The third kappa shape index (κ3) is 4.55. The Hall–Kier alpha value is -1.91. The molecule has 0 saturated carbocycles. The third-order valence-electron chi connectivity index (χ3n) is 4.33. The van der Waals surface area contributed by atoms with Gasteiger partial charge < -0.3 is 13.9 Å². The molecule has 0 radical (unpaired) electrons. The molecule has 2 atom stereocenters. The lowest BCUT2D eigenvalue weighted by Crippen LogP contribution is -2.20. The smallest absolute Gasteiger partial charge is 0.441 e. The van der Waals surface area contributed by atoms with Crippen LogP contribution in [0, 0.1) is 6.92 Å². The summed E-state index contributed by atoms with van der Waals surface area (Å²) in [6, 6.07) is 10.3. The number of carbonyl (C=O) groups excluding carboxylic acids is 1. The van der Waals surface area contributed by atoms with E-state index in [1.807, 2.05) is 12.1 Å². The average Bonchev–Trinajstić information content (AvgIpc) is 3.09. The molecule has 3 rings (SSSR count). The minimum absolute atomic E-state index is 0.127. The number of rotatable bonds is 7. The highest BCUT2D eigenvalue weighted by molar-refractivity contribution is 9.12. The van der Waals surface area contributed by atoms with E-state index in [-0.39, 0.29) is 16.5 Å². The van der Waals surface area contributed by atoms with Gasteiger partial charge in [-0.1, -0.05) is 31.9 Å². The molecule has 0 saturated heterocycles. The van der Waals surface area contributed by atoms with Crippen molar-refractivity contribution in [2.75, 3.05) is 14.2 Å². The highest BCUT2D eigenvalue weighted by atomic mass is 79.9. The highest BCUT2D eigenvalue weighted by Crippen LogP contribution is 2.42. The molecule has 2 unspecified atom stereocenters. The second-order valence-electron chi connectivity index (χ2n) is 6.25. The van der Waals surface area contributed by atoms with Crippen LogP contribution in [0.1, 0.15) is 26.6 Å². The fraction of sp³-hybridized carbons (Fsp3) is 0.250. The van der Waals surface area contributed by atoms with Crippen molar-refractivity contribution in [3.8, 4) is 17.2 Å². The SMILES string of the molecule is COc1cc(C(Br)C(Br)C(=O)c2ccc(-n3nc(C)oc3=O)cc2)cc(Br)c1OC. The second kappa shape index (κ2) is 9.49. The monoisotopic (exact) mass is 602 g/mol. The van der Waals surface area contributed by atoms with Gasteiger partial charge in [-0.15, -0.1) is 5.10 Å². The molecular formula is C20H17Br3N2O5. The number of carbonyl (C=O) groups is 1. The van der Waals surface area contributed by atoms with E-state index in [0.717, 1.165) is 10.2 Å². The lowest BCUT2D eigenvalue weighted by atomic mass is 10.0. The molecule has 2 aromatic carbocycles. The van der Waals surface area contributed by atoms with Crippen molar-refractivity contribution >= 4 is 53.6 Å². The zero-order chi connectivity index (χ0) is 22.0. The molecule has 0 N–H and O–H groups in total. The number of methoxy groups -OCH3 is 2. The summed E-state index contributed by atoms with van der Waals surface area (Å²) in [5.41, 5.74) is 1.83. The number of benzene rings is 2. The first-order chi connectivity index (χ1) is 14.3. The number of ketones is 1. The Morgan fingerprint density at radius 2 is 1.80 bits per heavy atom. The first-order valence-corrected chi connectivity index (χ1v) is 11.3. The van der Waals surface area contributed by atoms with Gasteiger partial charge in [-0.2, -0.15) is 4.68 Å². The molecule has 158 valence electrons. The summed E-state index contributed by atoms with van der Waals surface area (Å²) in [6.45, 7) is 1.59. The summed E-state index contributed by atoms with van der Waals surface area (Å²) in [4.78, 5) is 23.9. The van der Waals surface area contributed by atoms with E-state index < -0.39 is 10.6 Å². The quantitative estimate of drug-likeness (QED) is 0.279. The largest absolute Gasteiger partial charge is 0.493 e. The van der Waals surface area contributed by atoms with Crippen LogP contribution in [0.4, 0.5) is 0 Å². The standard InChI is InChI=1S/C20H17Br3N2O5/c1-10-24-25(20(27)30-10)13-6-4-11(5-7-13)18(26)17(23)16(22)12-8-14(21)19(29-3)15(9-12)28-2/h4-9,16-17H,1-3H3. The van der Waals surface area contributed by atoms with Crippen LogP contribution in [-0.4, -0.2) is 34.6 Å². The molecule has 3 aromatic rings. The van der Waals surface area contributed by atoms with Crippen molar-refractivity contribution in [1.29, 1.82) is 0 Å². The van der Waals surface area contributed by atoms with E-state index in [0.29, 0.717) is 27.2 Å². The normalized spacial score (nSPS) is 13.0. The number of aromatic nitrogens is 2. The molecule has 1 heterocycles. The number of ether oxygens (including phenoxy) is 2. The summed E-state index contributed by atoms with van der Waals surface area (Å²) in [5.74, 6) is 0.690. The maximum atomic E-state index is 13.0. The Morgan fingerprint density at radius 1 is 1.13 bits per heavy atom. The highest BCUT2D eigenvalue weighted by Gasteiger charge is 2.28. The minimum atomic E-state index is -0.579. The molecule has 0 bridgehead atoms. The van der Waals surface area contributed by atoms with E-state index in [2.05, 4.69) is 52.9 Å². The summed E-state index contributed by atoms with van der Waals surface area (Å²) in [6.07, 6.45) is 0. The number of hydrogen-bond acceptors (Lipinski definition) is 6. The lowest BCUT2D eigenvalue weighted by molar-refractivity contribution is 0.0991. The summed E-state index contributed by atoms with van der Waals surface area (Å²) >= 11 is 10.6. The Kier molecular flexibility index (Phi) is 7.20. The molecule has 10 heteroatoms. The molecule has 30 heavy (non-hydrogen) atoms. The van der Waals surface area contributed by atoms with Crippen LogP contribution in [0.2, 0.25) is 0 Å². The average molecular weight is 605 g/mol. The Morgan fingerprint density at radius 3 is 2.33 bits per heavy atom. The molecule has 1 aromatic heterocycles. The van der Waals surface area contributed by atoms with Crippen LogP contribution in [0.3, 0.4) is 0 Å². The Labute approximate surface area is 197 Å². The minimum Gasteiger partial charge on any atom is -0.493 e. The van der Waals surface area contributed by atoms with Crippen LogP contribution in [-0.2, 0) is 0 Å². The van der Waals surface area contributed by atoms with Crippen LogP contribution in [0.15, 0.2) is 50.1 Å². The first-order valence-electron chi connectivity index (χ1n) is 8.67. The van der Waals surface area contributed by atoms with Crippen molar-refractivity contribution in [3.63, 3.8) is 0 Å². The van der Waals surface area contributed by atoms with Crippen LogP contribution < -0.4 is 15.2 Å². The topological polar surface area (TPSA) is 83.6 Å². The summed E-state index contributed by atoms with van der Waals surface area (Å²) in [7, 11) is 3.11. The Balaban J connectivity index is 1.84. The van der Waals surface area contributed by atoms with Gasteiger partial charge in [0.1, 0.15) is 0 Å². The maximum Gasteiger partial charge on any atom is 0.441 e. The predicted octanol–water partition coefficient (Wildman–Crippen LogP) is 5.00. The molecule has 0 aliphatic heterocycles. The Bertz CT molecular complexity index is 1120. The fourth-order valence-corrected chi connectivity index (χ4v) is 4.56. The number of halogens is 3. The number of hydrogen-bond donors (Lipinski definition) is 0. The van der Waals surface area contributed by atoms with Gasteiger partial charge in [-0.05, 0) is 57.9 Å². The van der Waals surface area contributed by atoms with Crippen molar-refractivity contribution < 1.29 is 18.7 Å². The zero-order valence-corrected chi connectivity index (χ0v) is 20.9. The number of Topliss-reactive ketones (excluding diaryl/α,β-unsaturated/α-hetero) is 1. The zero-order valence-electron chi connectivity index (χ0n) is 16.2. The van der Waals surface area contributed by atoms with Gasteiger partial charge in [0.25, 0.3) is 0 Å². The first kappa shape index (κ1) is 22.8. The van der Waals surface area contributed by atoms with Crippen molar-refractivity contribution in [2.45, 2.75) is 16.6 Å². The van der Waals surface area contributed by atoms with E-state index in [9.17, 15) is 9.59 Å². The molecular weight excluding hydrogens is 588 g/mol. The van der Waals surface area contributed by atoms with E-state index >= 15 is 0 Å². The van der Waals surface area contributed by atoms with Gasteiger partial charge in [-0.3, -0.25) is 4.79 Å². The number of aryl methyl sites for hydroxylation is 1. The molecule has 0 aliphatic rings. The maximum absolute atomic E-state index is 13.0.